The van der Waals surface area contributed by atoms with Crippen molar-refractivity contribution in [1.82, 2.24) is 0 Å². The second-order valence-corrected chi connectivity index (χ2v) is 26.1. The Kier molecular flexibility index (Phi) is 24.0. The van der Waals surface area contributed by atoms with Gasteiger partial charge in [-0.3, -0.25) is 13.5 Å². The maximum atomic E-state index is 11.9. The number of aromatic hydroxyl groups is 3. The molecule has 3 heterocycles. The number of esters is 3. The van der Waals surface area contributed by atoms with Crippen LogP contribution in [0.1, 0.15) is 103 Å². The summed E-state index contributed by atoms with van der Waals surface area (Å²) in [4.78, 5) is 62.3. The molecule has 3 aliphatic rings. The van der Waals surface area contributed by atoms with E-state index in [4.69, 9.17) is 53.8 Å². The van der Waals surface area contributed by atoms with Crippen molar-refractivity contribution in [2.75, 3.05) is 87.3 Å². The lowest BCUT2D eigenvalue weighted by Crippen LogP contribution is -2.04. The third-order valence-corrected chi connectivity index (χ3v) is 13.9. The van der Waals surface area contributed by atoms with Gasteiger partial charge in [0.1, 0.15) is 90.8 Å². The van der Waals surface area contributed by atoms with Crippen LogP contribution in [0.25, 0.3) is 0 Å². The molecule has 1 unspecified atom stereocenters. The van der Waals surface area contributed by atoms with Gasteiger partial charge in [0.15, 0.2) is 0 Å². The SMILES string of the molecule is COc1c(C)c2c(c(O)c1C/C=C(\C)COCP(=O)(O)O)C(=O)OC2.COc1c(C)c2c(c(O)c1C/C=C(\C)COCP(C)(=O)O)C(=O)OC2.COc1c(C)c2c(c(O)c1C/C=C(\C)COCP(C)(C)=O)C(=O)OC2.[2H]CF. The fraction of sp³-hybridized carbons (Fsp3) is 0.481. The first-order chi connectivity index (χ1) is 36.4. The first kappa shape index (κ1) is 64.0. The maximum Gasteiger partial charge on any atom is 0.350 e. The molecule has 0 saturated heterocycles. The van der Waals surface area contributed by atoms with Gasteiger partial charge in [-0.15, -0.1) is 0 Å². The summed E-state index contributed by atoms with van der Waals surface area (Å²) in [6.07, 6.45) is 5.81. The summed E-state index contributed by atoms with van der Waals surface area (Å²) in [7, 11) is -6.08. The number of hydrogen-bond acceptors (Lipinski definition) is 18. The first-order valence-electron chi connectivity index (χ1n) is 24.3. The Morgan fingerprint density at radius 2 is 0.831 bits per heavy atom. The van der Waals surface area contributed by atoms with E-state index in [1.54, 1.807) is 33.3 Å². The van der Waals surface area contributed by atoms with Gasteiger partial charge in [-0.05, 0) is 90.8 Å². The minimum absolute atomic E-state index is 0.0418. The average molecular weight is 1150 g/mol. The summed E-state index contributed by atoms with van der Waals surface area (Å²) < 4.78 is 96.0. The molecule has 1 atom stereocenters. The Balaban J connectivity index is 0.000000300. The zero-order chi connectivity index (χ0) is 59.0. The minimum Gasteiger partial charge on any atom is -0.507 e. The summed E-state index contributed by atoms with van der Waals surface area (Å²) in [5.74, 6) is -0.427. The molecular weight excluding hydrogens is 1070 g/mol. The Bertz CT molecular complexity index is 2620. The molecule has 25 heteroatoms. The molecule has 0 aliphatic carbocycles. The van der Waals surface area contributed by atoms with Crippen LogP contribution in [0.5, 0.6) is 34.5 Å². The van der Waals surface area contributed by atoms with Crippen molar-refractivity contribution in [3.05, 3.63) is 102 Å². The monoisotopic (exact) mass is 1150 g/mol. The third kappa shape index (κ3) is 18.0. The zero-order valence-corrected chi connectivity index (χ0v) is 48.1. The number of ether oxygens (including phenoxy) is 9. The summed E-state index contributed by atoms with van der Waals surface area (Å²) in [6.45, 7) is 16.5. The molecule has 21 nitrogen and oxygen atoms in total. The molecule has 77 heavy (non-hydrogen) atoms. The second-order valence-electron chi connectivity index (χ2n) is 18.7. The van der Waals surface area contributed by atoms with E-state index in [1.807, 2.05) is 39.8 Å². The van der Waals surface area contributed by atoms with Crippen LogP contribution in [-0.4, -0.2) is 135 Å². The van der Waals surface area contributed by atoms with E-state index < -0.39 is 53.5 Å². The van der Waals surface area contributed by atoms with Crippen molar-refractivity contribution < 1.29 is 106 Å². The normalized spacial score (nSPS) is 14.9. The van der Waals surface area contributed by atoms with Gasteiger partial charge in [-0.1, -0.05) is 34.9 Å². The van der Waals surface area contributed by atoms with Crippen molar-refractivity contribution in [2.24, 2.45) is 0 Å². The number of allylic oxidation sites excluding steroid dienone is 3. The number of rotatable bonds is 21. The van der Waals surface area contributed by atoms with Crippen LogP contribution >= 0.6 is 22.1 Å². The molecule has 3 aromatic carbocycles. The van der Waals surface area contributed by atoms with Gasteiger partial charge >= 0.3 is 25.5 Å². The van der Waals surface area contributed by atoms with Crippen molar-refractivity contribution in [1.29, 1.82) is 0 Å². The van der Waals surface area contributed by atoms with E-state index in [-0.39, 0.29) is 86.1 Å². The highest BCUT2D eigenvalue weighted by Crippen LogP contribution is 2.45. The predicted octanol–water partition coefficient (Wildman–Crippen LogP) is 8.81. The molecule has 3 aromatic rings. The molecule has 0 fully saturated rings. The third-order valence-electron chi connectivity index (χ3n) is 11.9. The molecular formula is C52H72FO21P3. The number of cyclic esters (lactones) is 3. The number of carbonyl (C=O) groups is 3. The van der Waals surface area contributed by atoms with Crippen LogP contribution in [0, 0.1) is 20.8 Å². The van der Waals surface area contributed by atoms with Crippen molar-refractivity contribution in [2.45, 2.75) is 80.6 Å². The van der Waals surface area contributed by atoms with E-state index in [0.717, 1.165) is 33.4 Å². The van der Waals surface area contributed by atoms with E-state index in [9.17, 15) is 52.7 Å². The Hall–Kier alpha value is -5.53. The lowest BCUT2D eigenvalue weighted by molar-refractivity contribution is 0.0523. The average Bonchev–Trinajstić information content (AvgIpc) is 4.06. The van der Waals surface area contributed by atoms with Crippen molar-refractivity contribution in [3.8, 4) is 34.5 Å². The lowest BCUT2D eigenvalue weighted by Gasteiger charge is -2.16. The summed E-state index contributed by atoms with van der Waals surface area (Å²) >= 11 is 0. The number of hydrogen-bond donors (Lipinski definition) is 6. The highest BCUT2D eigenvalue weighted by Gasteiger charge is 2.34. The van der Waals surface area contributed by atoms with Crippen LogP contribution in [0.15, 0.2) is 34.9 Å². The Morgan fingerprint density at radius 1 is 0.558 bits per heavy atom. The molecule has 0 spiro atoms. The maximum absolute atomic E-state index is 11.9. The smallest absolute Gasteiger partial charge is 0.350 e. The molecule has 0 bridgehead atoms. The number of alkyl halides is 1. The number of fused-ring (bicyclic) bond motifs is 3. The van der Waals surface area contributed by atoms with Gasteiger partial charge in [0.25, 0.3) is 0 Å². The highest BCUT2D eigenvalue weighted by molar-refractivity contribution is 7.62. The Morgan fingerprint density at radius 3 is 1.08 bits per heavy atom. The molecule has 0 saturated carbocycles. The predicted molar refractivity (Wildman–Crippen MR) is 285 cm³/mol. The number of phenolic OH excluding ortho intramolecular Hbond substituents is 3. The largest absolute Gasteiger partial charge is 0.507 e. The van der Waals surface area contributed by atoms with Gasteiger partial charge in [0.2, 0.25) is 7.37 Å². The molecule has 428 valence electrons. The number of benzene rings is 3. The fourth-order valence-corrected chi connectivity index (χ4v) is 9.51. The van der Waals surface area contributed by atoms with Crippen LogP contribution in [0.2, 0.25) is 0 Å². The standard InChI is InChI=1S/C18H25O6P.C17H23O7P.C16H21O8P.CH3F/c1-11(8-23-10-25(4,5)21)6-7-13-16(19)15-14(9-24-18(15)20)12(2)17(13)22-3;1-10(7-23-9-25(4,20)21)5-6-12-15(18)14-13(8-24-17(14)19)11(2)16(12)22-3;1-9(6-23-8-25(19,20)21)4-5-11-14(17)13-12(7-24-16(13)18)10(2)15(11)22-3;1-2/h6,19H,7-10H2,1-5H3;5,18H,6-9H2,1-4H3,(H,20,21);4,17H,5-8H2,1-3H3,(H2,19,20,21);1H3/b11-6+;10-5+;9-4+;/i;;;1D. The summed E-state index contributed by atoms with van der Waals surface area (Å²) in [5, 5.41) is 31.5. The second kappa shape index (κ2) is 28.9. The van der Waals surface area contributed by atoms with Crippen molar-refractivity contribution in [3.63, 3.8) is 0 Å². The quantitative estimate of drug-likeness (QED) is 0.0251. The van der Waals surface area contributed by atoms with E-state index in [1.165, 1.54) is 28.0 Å². The van der Waals surface area contributed by atoms with Gasteiger partial charge in [-0.2, -0.15) is 0 Å². The molecule has 0 radical (unpaired) electrons. The van der Waals surface area contributed by atoms with E-state index in [0.29, 0.717) is 70.1 Å². The zero-order valence-electron chi connectivity index (χ0n) is 46.5. The number of phenols is 3. The minimum atomic E-state index is -4.20. The number of methoxy groups -OCH3 is 3. The Labute approximate surface area is 449 Å². The van der Waals surface area contributed by atoms with Gasteiger partial charge < -0.3 is 77.2 Å². The van der Waals surface area contributed by atoms with E-state index in [2.05, 4.69) is 0 Å². The molecule has 0 amide bonds. The van der Waals surface area contributed by atoms with Gasteiger partial charge in [-0.25, -0.2) is 14.4 Å². The van der Waals surface area contributed by atoms with Crippen LogP contribution in [0.4, 0.5) is 4.39 Å². The molecule has 6 rings (SSSR count). The van der Waals surface area contributed by atoms with E-state index >= 15 is 0 Å². The van der Waals surface area contributed by atoms with Gasteiger partial charge in [0.05, 0.1) is 56.0 Å². The molecule has 6 N–H and O–H groups in total. The van der Waals surface area contributed by atoms with Crippen LogP contribution in [-0.2, 0) is 81.2 Å². The fourth-order valence-electron chi connectivity index (χ4n) is 8.22. The molecule has 3 aliphatic heterocycles. The highest BCUT2D eigenvalue weighted by atomic mass is 31.2. The van der Waals surface area contributed by atoms with Crippen LogP contribution in [0.3, 0.4) is 0 Å². The topological polar surface area (TPSA) is 307 Å². The summed E-state index contributed by atoms with van der Waals surface area (Å²) in [6, 6.07) is 0. The van der Waals surface area contributed by atoms with Gasteiger partial charge in [0, 0.05) is 40.0 Å². The summed E-state index contributed by atoms with van der Waals surface area (Å²) in [5.41, 5.74) is 8.83. The number of carbonyl (C=O) groups excluding carboxylic acids is 3. The number of halogens is 1. The molecule has 0 aromatic heterocycles. The first-order valence-corrected chi connectivity index (χ1v) is 30.4. The van der Waals surface area contributed by atoms with Crippen LogP contribution < -0.4 is 14.2 Å². The lowest BCUT2D eigenvalue weighted by atomic mass is 9.95. The van der Waals surface area contributed by atoms with Crippen molar-refractivity contribution >= 4 is 40.0 Å².